The molecule has 1 amide bonds. The summed E-state index contributed by atoms with van der Waals surface area (Å²) in [6.45, 7) is -0.463. The molecule has 2 aromatic carbocycles. The number of halogens is 1. The lowest BCUT2D eigenvalue weighted by Gasteiger charge is -2.08. The van der Waals surface area contributed by atoms with Crippen molar-refractivity contribution >= 4 is 39.0 Å². The van der Waals surface area contributed by atoms with Gasteiger partial charge in [-0.15, -0.1) is 0 Å². The number of carbonyl (C=O) groups excluding carboxylic acids is 2. The molecule has 2 aromatic rings. The lowest BCUT2D eigenvalue weighted by molar-refractivity contribution is -0.119. The number of para-hydroxylation sites is 1. The summed E-state index contributed by atoms with van der Waals surface area (Å²) in [5, 5.41) is 2.92. The second kappa shape index (κ2) is 8.13. The molecule has 2 rings (SSSR count). The van der Waals surface area contributed by atoms with Gasteiger partial charge in [-0.25, -0.2) is 13.2 Å². The third-order valence-corrected chi connectivity index (χ3v) is 4.29. The molecule has 0 saturated carbocycles. The summed E-state index contributed by atoms with van der Waals surface area (Å²) in [5.74, 6) is -1.31. The minimum atomic E-state index is -3.14. The van der Waals surface area contributed by atoms with Crippen LogP contribution in [0, 0.1) is 0 Å². The average molecular weight is 382 g/mol. The molecule has 0 atom stereocenters. The van der Waals surface area contributed by atoms with Gasteiger partial charge >= 0.3 is 5.97 Å². The normalized spacial score (nSPS) is 11.0. The molecule has 0 aliphatic heterocycles. The maximum atomic E-state index is 11.9. The van der Waals surface area contributed by atoms with Crippen molar-refractivity contribution in [2.75, 3.05) is 18.2 Å². The van der Waals surface area contributed by atoms with Crippen LogP contribution in [0.4, 0.5) is 5.69 Å². The SMILES string of the molecule is CS(=O)(=O)Cc1ccc(C(=O)OCC(=O)Nc2ccccc2Cl)cc1. The van der Waals surface area contributed by atoms with Gasteiger partial charge < -0.3 is 10.1 Å². The molecular formula is C17H16ClNO5S. The van der Waals surface area contributed by atoms with Crippen LogP contribution >= 0.6 is 11.6 Å². The Morgan fingerprint density at radius 1 is 1.08 bits per heavy atom. The van der Waals surface area contributed by atoms with Gasteiger partial charge in [0.05, 0.1) is 22.0 Å². The molecular weight excluding hydrogens is 366 g/mol. The maximum Gasteiger partial charge on any atom is 0.338 e. The Bertz CT molecular complexity index is 878. The first-order chi connectivity index (χ1) is 11.7. The van der Waals surface area contributed by atoms with Crippen LogP contribution in [0.25, 0.3) is 0 Å². The zero-order valence-electron chi connectivity index (χ0n) is 13.4. The van der Waals surface area contributed by atoms with E-state index in [9.17, 15) is 18.0 Å². The number of esters is 1. The summed E-state index contributed by atoms with van der Waals surface area (Å²) in [6.07, 6.45) is 1.13. The third kappa shape index (κ3) is 6.21. The number of rotatable bonds is 6. The van der Waals surface area contributed by atoms with Gasteiger partial charge in [0.2, 0.25) is 0 Å². The predicted octanol–water partition coefficient (Wildman–Crippen LogP) is 2.68. The Morgan fingerprint density at radius 2 is 1.72 bits per heavy atom. The molecule has 132 valence electrons. The van der Waals surface area contributed by atoms with E-state index in [0.29, 0.717) is 16.3 Å². The van der Waals surface area contributed by atoms with Gasteiger partial charge in [0, 0.05) is 6.26 Å². The zero-order chi connectivity index (χ0) is 18.4. The van der Waals surface area contributed by atoms with Gasteiger partial charge in [0.1, 0.15) is 0 Å². The highest BCUT2D eigenvalue weighted by Gasteiger charge is 2.12. The van der Waals surface area contributed by atoms with Crippen molar-refractivity contribution in [3.63, 3.8) is 0 Å². The van der Waals surface area contributed by atoms with E-state index in [4.69, 9.17) is 16.3 Å². The number of anilines is 1. The number of sulfone groups is 1. The standard InChI is InChI=1S/C17H16ClNO5S/c1-25(22,23)11-12-6-8-13(9-7-12)17(21)24-10-16(20)19-15-5-3-2-4-14(15)18/h2-9H,10-11H2,1H3,(H,19,20). The molecule has 6 nitrogen and oxygen atoms in total. The summed E-state index contributed by atoms with van der Waals surface area (Å²) < 4.78 is 27.4. The van der Waals surface area contributed by atoms with E-state index >= 15 is 0 Å². The molecule has 25 heavy (non-hydrogen) atoms. The van der Waals surface area contributed by atoms with Crippen LogP contribution in [0.15, 0.2) is 48.5 Å². The van der Waals surface area contributed by atoms with Crippen LogP contribution in [-0.4, -0.2) is 33.2 Å². The van der Waals surface area contributed by atoms with Crippen LogP contribution < -0.4 is 5.32 Å². The van der Waals surface area contributed by atoms with Gasteiger partial charge in [-0.05, 0) is 29.8 Å². The van der Waals surface area contributed by atoms with Gasteiger partial charge in [-0.1, -0.05) is 35.9 Å². The van der Waals surface area contributed by atoms with Crippen LogP contribution in [0.1, 0.15) is 15.9 Å². The number of nitrogens with one attached hydrogen (secondary N) is 1. The molecule has 0 spiro atoms. The van der Waals surface area contributed by atoms with Crippen molar-refractivity contribution in [1.82, 2.24) is 0 Å². The molecule has 0 aliphatic rings. The van der Waals surface area contributed by atoms with E-state index in [1.807, 2.05) is 0 Å². The number of hydrogen-bond donors (Lipinski definition) is 1. The quantitative estimate of drug-likeness (QED) is 0.777. The molecule has 0 fully saturated rings. The Morgan fingerprint density at radius 3 is 2.32 bits per heavy atom. The first-order valence-corrected chi connectivity index (χ1v) is 9.66. The Labute approximate surface area is 150 Å². The molecule has 0 unspecified atom stereocenters. The largest absolute Gasteiger partial charge is 0.452 e. The van der Waals surface area contributed by atoms with E-state index < -0.39 is 28.3 Å². The first kappa shape index (κ1) is 19.0. The lowest BCUT2D eigenvalue weighted by atomic mass is 10.1. The highest BCUT2D eigenvalue weighted by Crippen LogP contribution is 2.20. The van der Waals surface area contributed by atoms with Gasteiger partial charge in [-0.2, -0.15) is 0 Å². The number of ether oxygens (including phenoxy) is 1. The number of amides is 1. The second-order valence-corrected chi connectivity index (χ2v) is 7.92. The second-order valence-electron chi connectivity index (χ2n) is 5.37. The van der Waals surface area contributed by atoms with Crippen molar-refractivity contribution in [3.05, 3.63) is 64.7 Å². The minimum absolute atomic E-state index is 0.109. The zero-order valence-corrected chi connectivity index (χ0v) is 14.9. The van der Waals surface area contributed by atoms with Crippen molar-refractivity contribution in [2.45, 2.75) is 5.75 Å². The van der Waals surface area contributed by atoms with Crippen molar-refractivity contribution in [1.29, 1.82) is 0 Å². The fraction of sp³-hybridized carbons (Fsp3) is 0.176. The topological polar surface area (TPSA) is 89.5 Å². The van der Waals surface area contributed by atoms with Crippen LogP contribution in [0.2, 0.25) is 5.02 Å². The number of benzene rings is 2. The average Bonchev–Trinajstić information content (AvgIpc) is 2.54. The fourth-order valence-electron chi connectivity index (χ4n) is 2.00. The summed E-state index contributed by atoms with van der Waals surface area (Å²) in [4.78, 5) is 23.7. The van der Waals surface area contributed by atoms with Gasteiger partial charge in [0.25, 0.3) is 5.91 Å². The molecule has 0 saturated heterocycles. The monoisotopic (exact) mass is 381 g/mol. The molecule has 1 N–H and O–H groups in total. The Kier molecular flexibility index (Phi) is 6.17. The Balaban J connectivity index is 1.89. The highest BCUT2D eigenvalue weighted by atomic mass is 35.5. The summed E-state index contributed by atoms with van der Waals surface area (Å²) in [5.41, 5.74) is 1.22. The van der Waals surface area contributed by atoms with Crippen LogP contribution in [0.5, 0.6) is 0 Å². The summed E-state index contributed by atoms with van der Waals surface area (Å²) >= 11 is 5.92. The molecule has 0 radical (unpaired) electrons. The summed E-state index contributed by atoms with van der Waals surface area (Å²) in [7, 11) is -3.14. The third-order valence-electron chi connectivity index (χ3n) is 3.10. The van der Waals surface area contributed by atoms with Crippen LogP contribution in [0.3, 0.4) is 0 Å². The minimum Gasteiger partial charge on any atom is -0.452 e. The molecule has 0 heterocycles. The van der Waals surface area contributed by atoms with Gasteiger partial charge in [-0.3, -0.25) is 4.79 Å². The Hall–Kier alpha value is -2.38. The van der Waals surface area contributed by atoms with Crippen molar-refractivity contribution < 1.29 is 22.7 Å². The molecule has 0 aromatic heterocycles. The highest BCUT2D eigenvalue weighted by molar-refractivity contribution is 7.89. The smallest absolute Gasteiger partial charge is 0.338 e. The maximum absolute atomic E-state index is 11.9. The molecule has 0 bridgehead atoms. The van der Waals surface area contributed by atoms with E-state index in [2.05, 4.69) is 5.32 Å². The number of carbonyl (C=O) groups is 2. The van der Waals surface area contributed by atoms with Crippen molar-refractivity contribution in [3.8, 4) is 0 Å². The number of hydrogen-bond acceptors (Lipinski definition) is 5. The predicted molar refractivity (Wildman–Crippen MR) is 95.4 cm³/mol. The first-order valence-electron chi connectivity index (χ1n) is 7.23. The van der Waals surface area contributed by atoms with E-state index in [0.717, 1.165) is 6.26 Å². The summed E-state index contributed by atoms with van der Waals surface area (Å²) in [6, 6.07) is 12.7. The van der Waals surface area contributed by atoms with Crippen molar-refractivity contribution in [2.24, 2.45) is 0 Å². The lowest BCUT2D eigenvalue weighted by Crippen LogP contribution is -2.21. The van der Waals surface area contributed by atoms with Gasteiger partial charge in [0.15, 0.2) is 16.4 Å². The van der Waals surface area contributed by atoms with E-state index in [1.54, 1.807) is 24.3 Å². The van der Waals surface area contributed by atoms with E-state index in [-0.39, 0.29) is 11.3 Å². The molecule has 8 heteroatoms. The van der Waals surface area contributed by atoms with Crippen LogP contribution in [-0.2, 0) is 25.1 Å². The van der Waals surface area contributed by atoms with E-state index in [1.165, 1.54) is 24.3 Å². The fourth-order valence-corrected chi connectivity index (χ4v) is 2.98. The molecule has 0 aliphatic carbocycles.